The fourth-order valence-electron chi connectivity index (χ4n) is 3.86. The summed E-state index contributed by atoms with van der Waals surface area (Å²) >= 11 is 7.74. The number of aromatic nitrogens is 2. The normalized spacial score (nSPS) is 19.9. The number of nitrogens with zero attached hydrogens (tertiary/aromatic N) is 2. The van der Waals surface area contributed by atoms with Gasteiger partial charge in [-0.15, -0.1) is 0 Å². The van der Waals surface area contributed by atoms with Gasteiger partial charge in [0.1, 0.15) is 5.69 Å². The molecule has 0 radical (unpaired) electrons. The van der Waals surface area contributed by atoms with E-state index in [9.17, 15) is 4.79 Å². The molecule has 2 fully saturated rings. The highest BCUT2D eigenvalue weighted by atomic mass is 35.5. The van der Waals surface area contributed by atoms with Crippen LogP contribution in [0.4, 0.5) is 0 Å². The van der Waals surface area contributed by atoms with Gasteiger partial charge in [0.05, 0.1) is 17.5 Å². The van der Waals surface area contributed by atoms with Crippen molar-refractivity contribution in [2.24, 2.45) is 5.92 Å². The minimum atomic E-state index is -0.0261. The lowest BCUT2D eigenvalue weighted by atomic mass is 10.0. The minimum Gasteiger partial charge on any atom is -0.395 e. The molecule has 3 aromatic rings. The molecule has 1 amide bonds. The zero-order valence-electron chi connectivity index (χ0n) is 17.0. The molecule has 1 heterocycles. The van der Waals surface area contributed by atoms with Crippen LogP contribution in [0.2, 0.25) is 5.02 Å². The lowest BCUT2D eigenvalue weighted by molar-refractivity contribution is -0.122. The van der Waals surface area contributed by atoms with Gasteiger partial charge in [-0.2, -0.15) is 5.10 Å². The predicted molar refractivity (Wildman–Crippen MR) is 122 cm³/mol. The van der Waals surface area contributed by atoms with Crippen LogP contribution in [-0.2, 0) is 4.79 Å². The Morgan fingerprint density at radius 2 is 1.90 bits per heavy atom. The third-order valence-corrected chi connectivity index (χ3v) is 7.09. The van der Waals surface area contributed by atoms with E-state index in [1.165, 1.54) is 18.4 Å². The van der Waals surface area contributed by atoms with Crippen molar-refractivity contribution in [1.82, 2.24) is 15.1 Å². The van der Waals surface area contributed by atoms with E-state index in [0.717, 1.165) is 32.5 Å². The maximum atomic E-state index is 12.1. The SMILES string of the molecule is O=C(NCCO)C1CC1c1ccc(-c2nn(C3CC3)cc2Sc2ccc(Cl)cc2)cc1. The summed E-state index contributed by atoms with van der Waals surface area (Å²) in [7, 11) is 0. The molecule has 2 aliphatic rings. The summed E-state index contributed by atoms with van der Waals surface area (Å²) in [4.78, 5) is 14.4. The van der Waals surface area contributed by atoms with Crippen molar-refractivity contribution in [2.75, 3.05) is 13.2 Å². The second-order valence-corrected chi connectivity index (χ2v) is 9.75. The number of amides is 1. The number of carbonyl (C=O) groups is 1. The van der Waals surface area contributed by atoms with Crippen LogP contribution in [-0.4, -0.2) is 33.9 Å². The molecule has 5 rings (SSSR count). The highest BCUT2D eigenvalue weighted by molar-refractivity contribution is 7.99. The monoisotopic (exact) mass is 453 g/mol. The van der Waals surface area contributed by atoms with Gasteiger partial charge in [0.15, 0.2) is 0 Å². The van der Waals surface area contributed by atoms with E-state index in [0.29, 0.717) is 12.6 Å². The zero-order chi connectivity index (χ0) is 21.4. The number of rotatable bonds is 8. The first-order valence-electron chi connectivity index (χ1n) is 10.6. The Bertz CT molecular complexity index is 1080. The van der Waals surface area contributed by atoms with E-state index in [1.807, 2.05) is 24.3 Å². The Balaban J connectivity index is 1.35. The molecule has 2 aliphatic carbocycles. The first-order chi connectivity index (χ1) is 15.1. The molecule has 0 spiro atoms. The molecular weight excluding hydrogens is 430 g/mol. The zero-order valence-corrected chi connectivity index (χ0v) is 18.6. The third kappa shape index (κ3) is 4.66. The molecule has 1 aromatic heterocycles. The van der Waals surface area contributed by atoms with E-state index in [4.69, 9.17) is 21.8 Å². The second-order valence-electron chi connectivity index (χ2n) is 8.19. The van der Waals surface area contributed by atoms with Gasteiger partial charge >= 0.3 is 0 Å². The van der Waals surface area contributed by atoms with E-state index in [1.54, 1.807) is 11.8 Å². The van der Waals surface area contributed by atoms with Crippen molar-refractivity contribution in [2.45, 2.75) is 41.0 Å². The van der Waals surface area contributed by atoms with Gasteiger partial charge in [-0.3, -0.25) is 9.48 Å². The van der Waals surface area contributed by atoms with Crippen LogP contribution in [0.25, 0.3) is 11.3 Å². The summed E-state index contributed by atoms with van der Waals surface area (Å²) in [5.41, 5.74) is 3.26. The molecule has 160 valence electrons. The van der Waals surface area contributed by atoms with Gasteiger partial charge in [-0.1, -0.05) is 47.6 Å². The standard InChI is InChI=1S/C24H24ClN3O2S/c25-17-5-9-19(10-6-17)31-22-14-28(18-7-8-18)27-23(22)16-3-1-15(2-4-16)20-13-21(20)24(30)26-11-12-29/h1-6,9-10,14,18,20-21,29H,7-8,11-13H2,(H,26,30). The fourth-order valence-corrected chi connectivity index (χ4v) is 4.93. The molecular formula is C24H24ClN3O2S. The maximum absolute atomic E-state index is 12.1. The van der Waals surface area contributed by atoms with Gasteiger partial charge in [0.25, 0.3) is 0 Å². The van der Waals surface area contributed by atoms with Gasteiger partial charge < -0.3 is 10.4 Å². The van der Waals surface area contributed by atoms with Crippen LogP contribution in [0.3, 0.4) is 0 Å². The first kappa shape index (κ1) is 20.6. The molecule has 7 heteroatoms. The van der Waals surface area contributed by atoms with E-state index < -0.39 is 0 Å². The summed E-state index contributed by atoms with van der Waals surface area (Å²) in [5, 5.41) is 17.3. The smallest absolute Gasteiger partial charge is 0.223 e. The summed E-state index contributed by atoms with van der Waals surface area (Å²) in [5.74, 6) is 0.315. The summed E-state index contributed by atoms with van der Waals surface area (Å²) in [6, 6.07) is 16.9. The largest absolute Gasteiger partial charge is 0.395 e. The number of nitrogens with one attached hydrogen (secondary N) is 1. The summed E-state index contributed by atoms with van der Waals surface area (Å²) < 4.78 is 2.10. The molecule has 31 heavy (non-hydrogen) atoms. The van der Waals surface area contributed by atoms with Crippen LogP contribution in [0, 0.1) is 5.92 Å². The number of hydrogen-bond acceptors (Lipinski definition) is 4. The number of halogens is 1. The number of carbonyl (C=O) groups excluding carboxylic acids is 1. The quantitative estimate of drug-likeness (QED) is 0.509. The van der Waals surface area contributed by atoms with Crippen molar-refractivity contribution in [1.29, 1.82) is 0 Å². The number of benzene rings is 2. The van der Waals surface area contributed by atoms with Crippen LogP contribution in [0.1, 0.15) is 36.8 Å². The van der Waals surface area contributed by atoms with Crippen LogP contribution in [0.15, 0.2) is 64.5 Å². The van der Waals surface area contributed by atoms with E-state index in [-0.39, 0.29) is 24.3 Å². The lowest BCUT2D eigenvalue weighted by Gasteiger charge is -2.06. The second kappa shape index (κ2) is 8.69. The molecule has 2 saturated carbocycles. The number of aliphatic hydroxyl groups is 1. The van der Waals surface area contributed by atoms with Crippen molar-refractivity contribution in [3.05, 3.63) is 65.3 Å². The van der Waals surface area contributed by atoms with Crippen molar-refractivity contribution < 1.29 is 9.90 Å². The molecule has 0 saturated heterocycles. The highest BCUT2D eigenvalue weighted by Gasteiger charge is 2.43. The highest BCUT2D eigenvalue weighted by Crippen LogP contribution is 2.48. The Morgan fingerprint density at radius 1 is 1.16 bits per heavy atom. The third-order valence-electron chi connectivity index (χ3n) is 5.81. The van der Waals surface area contributed by atoms with E-state index in [2.05, 4.69) is 40.5 Å². The average Bonchev–Trinajstić information content (AvgIpc) is 3.71. The minimum absolute atomic E-state index is 0.0162. The number of hydrogen-bond donors (Lipinski definition) is 2. The maximum Gasteiger partial charge on any atom is 0.223 e. The number of aliphatic hydroxyl groups excluding tert-OH is 1. The first-order valence-corrected chi connectivity index (χ1v) is 11.8. The molecule has 0 bridgehead atoms. The molecule has 2 unspecified atom stereocenters. The fraction of sp³-hybridized carbons (Fsp3) is 0.333. The van der Waals surface area contributed by atoms with Crippen LogP contribution >= 0.6 is 23.4 Å². The van der Waals surface area contributed by atoms with Crippen molar-refractivity contribution >= 4 is 29.3 Å². The van der Waals surface area contributed by atoms with Gasteiger partial charge in [-0.05, 0) is 55.0 Å². The van der Waals surface area contributed by atoms with Gasteiger partial charge in [0.2, 0.25) is 5.91 Å². The molecule has 5 nitrogen and oxygen atoms in total. The lowest BCUT2D eigenvalue weighted by Crippen LogP contribution is -2.28. The Hall–Kier alpha value is -2.28. The predicted octanol–water partition coefficient (Wildman–Crippen LogP) is 4.90. The molecule has 2 aromatic carbocycles. The van der Waals surface area contributed by atoms with Crippen molar-refractivity contribution in [3.8, 4) is 11.3 Å². The van der Waals surface area contributed by atoms with E-state index >= 15 is 0 Å². The molecule has 0 aliphatic heterocycles. The Morgan fingerprint density at radius 3 is 2.58 bits per heavy atom. The molecule has 2 atom stereocenters. The van der Waals surface area contributed by atoms with Gasteiger partial charge in [0, 0.05) is 34.1 Å². The van der Waals surface area contributed by atoms with Gasteiger partial charge in [-0.25, -0.2) is 0 Å². The molecule has 2 N–H and O–H groups in total. The summed E-state index contributed by atoms with van der Waals surface area (Å²) in [6.07, 6.45) is 5.40. The van der Waals surface area contributed by atoms with Crippen LogP contribution in [0.5, 0.6) is 0 Å². The summed E-state index contributed by atoms with van der Waals surface area (Å²) in [6.45, 7) is 0.292. The van der Waals surface area contributed by atoms with Crippen LogP contribution < -0.4 is 5.32 Å². The Kier molecular flexibility index (Phi) is 5.78. The topological polar surface area (TPSA) is 67.2 Å². The average molecular weight is 454 g/mol. The van der Waals surface area contributed by atoms with Crippen molar-refractivity contribution in [3.63, 3.8) is 0 Å². The Labute approximate surface area is 190 Å².